The first-order valence-electron chi connectivity index (χ1n) is 8.18. The molecule has 132 valence electrons. The summed E-state index contributed by atoms with van der Waals surface area (Å²) in [4.78, 5) is 23.7. The van der Waals surface area contributed by atoms with E-state index in [-0.39, 0.29) is 11.9 Å². The molecule has 1 amide bonds. The van der Waals surface area contributed by atoms with Crippen molar-refractivity contribution in [2.75, 3.05) is 13.7 Å². The van der Waals surface area contributed by atoms with Crippen LogP contribution in [0.4, 0.5) is 0 Å². The zero-order valence-corrected chi connectivity index (χ0v) is 14.7. The number of hydrogen-bond donors (Lipinski definition) is 1. The van der Waals surface area contributed by atoms with E-state index < -0.39 is 0 Å². The average Bonchev–Trinajstić information content (AvgIpc) is 2.64. The molecular weight excluding hydrogens is 318 g/mol. The van der Waals surface area contributed by atoms with Gasteiger partial charge in [0.2, 0.25) is 0 Å². The molecule has 0 saturated heterocycles. The maximum Gasteiger partial charge on any atom is 0.337 e. The minimum atomic E-state index is -0.381. The number of hydrogen-bond acceptors (Lipinski definition) is 4. The molecule has 1 N–H and O–H groups in total. The molecule has 0 heterocycles. The Morgan fingerprint density at radius 1 is 1.04 bits per heavy atom. The zero-order chi connectivity index (χ0) is 18.2. The largest absolute Gasteiger partial charge is 0.493 e. The van der Waals surface area contributed by atoms with E-state index in [0.717, 1.165) is 5.56 Å². The molecule has 5 nitrogen and oxygen atoms in total. The van der Waals surface area contributed by atoms with Gasteiger partial charge in [-0.25, -0.2) is 4.79 Å². The summed E-state index contributed by atoms with van der Waals surface area (Å²) in [6, 6.07) is 14.0. The lowest BCUT2D eigenvalue weighted by atomic mass is 10.1. The van der Waals surface area contributed by atoms with E-state index >= 15 is 0 Å². The van der Waals surface area contributed by atoms with E-state index in [1.165, 1.54) is 7.11 Å². The summed E-state index contributed by atoms with van der Waals surface area (Å²) in [6.45, 7) is 5.12. The summed E-state index contributed by atoms with van der Waals surface area (Å²) in [5.74, 6) is 0.551. The minimum absolute atomic E-state index is 0.174. The lowest BCUT2D eigenvalue weighted by Gasteiger charge is -2.10. The normalized spacial score (nSPS) is 10.4. The third-order valence-corrected chi connectivity index (χ3v) is 3.51. The fourth-order valence-electron chi connectivity index (χ4n) is 2.15. The number of rotatable bonds is 7. The molecule has 25 heavy (non-hydrogen) atoms. The summed E-state index contributed by atoms with van der Waals surface area (Å²) < 4.78 is 10.3. The van der Waals surface area contributed by atoms with Gasteiger partial charge in [0, 0.05) is 12.1 Å². The van der Waals surface area contributed by atoms with Crippen LogP contribution in [0, 0.1) is 5.92 Å². The summed E-state index contributed by atoms with van der Waals surface area (Å²) in [6.07, 6.45) is 0. The first kappa shape index (κ1) is 18.5. The summed E-state index contributed by atoms with van der Waals surface area (Å²) in [5, 5.41) is 2.86. The first-order valence-corrected chi connectivity index (χ1v) is 8.18. The Balaban J connectivity index is 1.93. The standard InChI is InChI=1S/C20H23NO4/c1-14(2)13-25-18-6-4-5-17(11-18)19(22)21-12-15-7-9-16(10-8-15)20(23)24-3/h4-11,14H,12-13H2,1-3H3,(H,21,22). The van der Waals surface area contributed by atoms with Gasteiger partial charge in [-0.2, -0.15) is 0 Å². The molecule has 0 aromatic heterocycles. The highest BCUT2D eigenvalue weighted by molar-refractivity contribution is 5.94. The highest BCUT2D eigenvalue weighted by atomic mass is 16.5. The van der Waals surface area contributed by atoms with Crippen LogP contribution in [0.25, 0.3) is 0 Å². The number of methoxy groups -OCH3 is 1. The van der Waals surface area contributed by atoms with E-state index in [0.29, 0.717) is 35.9 Å². The molecule has 0 saturated carbocycles. The summed E-state index contributed by atoms with van der Waals surface area (Å²) in [5.41, 5.74) is 1.92. The lowest BCUT2D eigenvalue weighted by molar-refractivity contribution is 0.0600. The Morgan fingerprint density at radius 3 is 2.40 bits per heavy atom. The molecule has 0 bridgehead atoms. The third kappa shape index (κ3) is 5.64. The van der Waals surface area contributed by atoms with Crippen LogP contribution in [0.15, 0.2) is 48.5 Å². The summed E-state index contributed by atoms with van der Waals surface area (Å²) >= 11 is 0. The van der Waals surface area contributed by atoms with Gasteiger partial charge in [-0.05, 0) is 41.8 Å². The van der Waals surface area contributed by atoms with Gasteiger partial charge in [0.05, 0.1) is 19.3 Å². The smallest absolute Gasteiger partial charge is 0.337 e. The Bertz CT molecular complexity index is 723. The van der Waals surface area contributed by atoms with Crippen LogP contribution < -0.4 is 10.1 Å². The fourth-order valence-corrected chi connectivity index (χ4v) is 2.15. The molecular formula is C20H23NO4. The maximum absolute atomic E-state index is 12.3. The number of carbonyl (C=O) groups is 2. The van der Waals surface area contributed by atoms with Crippen molar-refractivity contribution in [2.24, 2.45) is 5.92 Å². The van der Waals surface area contributed by atoms with E-state index in [4.69, 9.17) is 4.74 Å². The second-order valence-electron chi connectivity index (χ2n) is 6.10. The van der Waals surface area contributed by atoms with E-state index in [1.807, 2.05) is 6.07 Å². The first-order chi connectivity index (χ1) is 12.0. The Hall–Kier alpha value is -2.82. The molecule has 0 spiro atoms. The molecule has 0 aliphatic heterocycles. The van der Waals surface area contributed by atoms with Gasteiger partial charge in [-0.15, -0.1) is 0 Å². The summed E-state index contributed by atoms with van der Waals surface area (Å²) in [7, 11) is 1.34. The van der Waals surface area contributed by atoms with Crippen molar-refractivity contribution in [1.82, 2.24) is 5.32 Å². The Labute approximate surface area is 148 Å². The van der Waals surface area contributed by atoms with E-state index in [9.17, 15) is 9.59 Å². The highest BCUT2D eigenvalue weighted by Crippen LogP contribution is 2.14. The van der Waals surface area contributed by atoms with Gasteiger partial charge < -0.3 is 14.8 Å². The van der Waals surface area contributed by atoms with E-state index in [1.54, 1.807) is 42.5 Å². The lowest BCUT2D eigenvalue weighted by Crippen LogP contribution is -2.22. The monoisotopic (exact) mass is 341 g/mol. The molecule has 0 unspecified atom stereocenters. The molecule has 0 aliphatic rings. The topological polar surface area (TPSA) is 64.6 Å². The van der Waals surface area contributed by atoms with Crippen LogP contribution in [0.3, 0.4) is 0 Å². The van der Waals surface area contributed by atoms with Gasteiger partial charge in [-0.3, -0.25) is 4.79 Å². The van der Waals surface area contributed by atoms with Crippen LogP contribution in [0.1, 0.15) is 40.1 Å². The Morgan fingerprint density at radius 2 is 1.76 bits per heavy atom. The molecule has 2 aromatic carbocycles. The molecule has 2 rings (SSSR count). The van der Waals surface area contributed by atoms with Crippen molar-refractivity contribution in [1.29, 1.82) is 0 Å². The van der Waals surface area contributed by atoms with Crippen molar-refractivity contribution < 1.29 is 19.1 Å². The molecule has 0 radical (unpaired) electrons. The molecule has 0 atom stereocenters. The third-order valence-electron chi connectivity index (χ3n) is 3.51. The van der Waals surface area contributed by atoms with Gasteiger partial charge >= 0.3 is 5.97 Å². The van der Waals surface area contributed by atoms with Crippen LogP contribution in [0.5, 0.6) is 5.75 Å². The fraction of sp³-hybridized carbons (Fsp3) is 0.300. The van der Waals surface area contributed by atoms with Crippen LogP contribution in [-0.4, -0.2) is 25.6 Å². The minimum Gasteiger partial charge on any atom is -0.493 e. The van der Waals surface area contributed by atoms with Crippen molar-refractivity contribution in [2.45, 2.75) is 20.4 Å². The number of ether oxygens (including phenoxy) is 2. The van der Waals surface area contributed by atoms with Gasteiger partial charge in [0.1, 0.15) is 5.75 Å². The number of amides is 1. The molecule has 2 aromatic rings. The Kier molecular flexibility index (Phi) is 6.57. The molecule has 0 fully saturated rings. The maximum atomic E-state index is 12.3. The van der Waals surface area contributed by atoms with E-state index in [2.05, 4.69) is 23.9 Å². The average molecular weight is 341 g/mol. The second kappa shape index (κ2) is 8.87. The van der Waals surface area contributed by atoms with Crippen molar-refractivity contribution in [3.8, 4) is 5.75 Å². The predicted octanol–water partition coefficient (Wildman–Crippen LogP) is 3.44. The second-order valence-corrected chi connectivity index (χ2v) is 6.10. The molecule has 0 aliphatic carbocycles. The number of carbonyl (C=O) groups excluding carboxylic acids is 2. The van der Waals surface area contributed by atoms with Gasteiger partial charge in [-0.1, -0.05) is 32.0 Å². The van der Waals surface area contributed by atoms with Crippen LogP contribution >= 0.6 is 0 Å². The highest BCUT2D eigenvalue weighted by Gasteiger charge is 2.08. The number of nitrogens with one attached hydrogen (secondary N) is 1. The van der Waals surface area contributed by atoms with Crippen LogP contribution in [-0.2, 0) is 11.3 Å². The van der Waals surface area contributed by atoms with Crippen LogP contribution in [0.2, 0.25) is 0 Å². The van der Waals surface area contributed by atoms with Crippen molar-refractivity contribution >= 4 is 11.9 Å². The van der Waals surface area contributed by atoms with Crippen molar-refractivity contribution in [3.63, 3.8) is 0 Å². The van der Waals surface area contributed by atoms with Crippen molar-refractivity contribution in [3.05, 3.63) is 65.2 Å². The quantitative estimate of drug-likeness (QED) is 0.784. The molecule has 5 heteroatoms. The zero-order valence-electron chi connectivity index (χ0n) is 14.7. The number of benzene rings is 2. The van der Waals surface area contributed by atoms with Gasteiger partial charge in [0.25, 0.3) is 5.91 Å². The predicted molar refractivity (Wildman–Crippen MR) is 95.7 cm³/mol. The number of esters is 1. The SMILES string of the molecule is COC(=O)c1ccc(CNC(=O)c2cccc(OCC(C)C)c2)cc1. The van der Waals surface area contributed by atoms with Gasteiger partial charge in [0.15, 0.2) is 0 Å².